The molecule has 2 aliphatic rings. The number of hydrogen-bond donors (Lipinski definition) is 0. The maximum Gasteiger partial charge on any atom is 0.266 e. The zero-order valence-corrected chi connectivity index (χ0v) is 19.6. The first-order valence-electron chi connectivity index (χ1n) is 11.7. The van der Waals surface area contributed by atoms with Crippen molar-refractivity contribution < 1.29 is 19.2 Å². The smallest absolute Gasteiger partial charge is 0.266 e. The van der Waals surface area contributed by atoms with Gasteiger partial charge in [0.05, 0.1) is 24.0 Å². The number of anilines is 2. The summed E-state index contributed by atoms with van der Waals surface area (Å²) in [5.41, 5.74) is 4.53. The first-order chi connectivity index (χ1) is 16.5. The standard InChI is InChI=1S/C28H28N2O4/c1-4-16-33-22-13-11-20(12-14-22)29-27(31)24-25(23-15-10-18(2)17-19(23)3)30(34-26(24)28(29)32)21-8-6-5-7-9-21/h5-15,17,24-26H,4,16H2,1-3H3/t24-,25-,26+/m1/s1. The fraction of sp³-hybridized carbons (Fsp3) is 0.286. The number of nitrogens with zero attached hydrogens (tertiary/aromatic N) is 2. The van der Waals surface area contributed by atoms with Gasteiger partial charge in [0.15, 0.2) is 6.10 Å². The lowest BCUT2D eigenvalue weighted by Crippen LogP contribution is -2.37. The molecule has 3 atom stereocenters. The summed E-state index contributed by atoms with van der Waals surface area (Å²) < 4.78 is 5.64. The van der Waals surface area contributed by atoms with Gasteiger partial charge in [-0.25, -0.2) is 9.96 Å². The van der Waals surface area contributed by atoms with Crippen LogP contribution in [0.3, 0.4) is 0 Å². The van der Waals surface area contributed by atoms with E-state index in [0.717, 1.165) is 28.8 Å². The van der Waals surface area contributed by atoms with Crippen LogP contribution in [-0.4, -0.2) is 24.5 Å². The Morgan fingerprint density at radius 1 is 0.882 bits per heavy atom. The van der Waals surface area contributed by atoms with E-state index in [4.69, 9.17) is 9.57 Å². The number of benzene rings is 3. The Kier molecular flexibility index (Phi) is 5.84. The van der Waals surface area contributed by atoms with Crippen LogP contribution in [0.15, 0.2) is 72.8 Å². The Labute approximate surface area is 199 Å². The van der Waals surface area contributed by atoms with E-state index in [0.29, 0.717) is 18.0 Å². The van der Waals surface area contributed by atoms with Crippen molar-refractivity contribution in [2.75, 3.05) is 16.6 Å². The summed E-state index contributed by atoms with van der Waals surface area (Å²) in [5, 5.41) is 1.74. The molecule has 2 aliphatic heterocycles. The molecule has 2 heterocycles. The lowest BCUT2D eigenvalue weighted by Gasteiger charge is -2.29. The topological polar surface area (TPSA) is 59.1 Å². The summed E-state index contributed by atoms with van der Waals surface area (Å²) >= 11 is 0. The van der Waals surface area contributed by atoms with Gasteiger partial charge in [-0.15, -0.1) is 0 Å². The van der Waals surface area contributed by atoms with Gasteiger partial charge in [0.25, 0.3) is 5.91 Å². The number of para-hydroxylation sites is 1. The van der Waals surface area contributed by atoms with Crippen LogP contribution >= 0.6 is 0 Å². The Morgan fingerprint density at radius 3 is 2.29 bits per heavy atom. The van der Waals surface area contributed by atoms with Gasteiger partial charge in [0.1, 0.15) is 11.7 Å². The molecule has 0 aliphatic carbocycles. The highest BCUT2D eigenvalue weighted by atomic mass is 16.7. The normalized spacial score (nSPS) is 21.8. The lowest BCUT2D eigenvalue weighted by molar-refractivity contribution is -0.126. The molecule has 2 saturated heterocycles. The third-order valence-corrected chi connectivity index (χ3v) is 6.44. The molecule has 0 radical (unpaired) electrons. The van der Waals surface area contributed by atoms with Crippen molar-refractivity contribution in [3.8, 4) is 5.75 Å². The van der Waals surface area contributed by atoms with Gasteiger partial charge in [-0.05, 0) is 67.8 Å². The van der Waals surface area contributed by atoms with Crippen LogP contribution in [-0.2, 0) is 14.4 Å². The molecular weight excluding hydrogens is 428 g/mol. The highest BCUT2D eigenvalue weighted by Crippen LogP contribution is 2.48. The molecule has 2 amide bonds. The second-order valence-electron chi connectivity index (χ2n) is 8.87. The second kappa shape index (κ2) is 8.95. The van der Waals surface area contributed by atoms with Crippen LogP contribution in [0.1, 0.15) is 36.1 Å². The SMILES string of the molecule is CCCOc1ccc(N2C(=O)[C@H]3[C@H](ON(c4ccccc4)[C@@H]3c3ccc(C)cc3C)C2=O)cc1. The predicted octanol–water partition coefficient (Wildman–Crippen LogP) is 5.14. The highest BCUT2D eigenvalue weighted by molar-refractivity contribution is 6.24. The van der Waals surface area contributed by atoms with Crippen molar-refractivity contribution in [1.82, 2.24) is 0 Å². The Morgan fingerprint density at radius 2 is 1.62 bits per heavy atom. The molecule has 2 fully saturated rings. The van der Waals surface area contributed by atoms with Crippen molar-refractivity contribution in [3.05, 3.63) is 89.5 Å². The monoisotopic (exact) mass is 456 g/mol. The minimum atomic E-state index is -0.880. The first kappa shape index (κ1) is 22.2. The number of imide groups is 1. The molecule has 6 nitrogen and oxygen atoms in total. The molecule has 3 aromatic carbocycles. The molecule has 0 spiro atoms. The van der Waals surface area contributed by atoms with E-state index >= 15 is 0 Å². The summed E-state index contributed by atoms with van der Waals surface area (Å²) in [5.74, 6) is -0.527. The molecule has 0 unspecified atom stereocenters. The number of hydrogen-bond acceptors (Lipinski definition) is 5. The van der Waals surface area contributed by atoms with Gasteiger partial charge in [0.2, 0.25) is 5.91 Å². The number of aryl methyl sites for hydroxylation is 2. The molecule has 0 aromatic heterocycles. The summed E-state index contributed by atoms with van der Waals surface area (Å²) in [6.45, 7) is 6.73. The molecule has 0 N–H and O–H groups in total. The van der Waals surface area contributed by atoms with Gasteiger partial charge in [-0.1, -0.05) is 48.9 Å². The molecule has 174 valence electrons. The van der Waals surface area contributed by atoms with Crippen molar-refractivity contribution in [3.63, 3.8) is 0 Å². The average molecular weight is 457 g/mol. The molecule has 3 aromatic rings. The van der Waals surface area contributed by atoms with Gasteiger partial charge in [0, 0.05) is 0 Å². The van der Waals surface area contributed by atoms with Crippen LogP contribution in [0, 0.1) is 19.8 Å². The first-order valence-corrected chi connectivity index (χ1v) is 11.7. The van der Waals surface area contributed by atoms with E-state index in [2.05, 4.69) is 6.07 Å². The van der Waals surface area contributed by atoms with Crippen LogP contribution in [0.2, 0.25) is 0 Å². The maximum absolute atomic E-state index is 13.8. The number of ether oxygens (including phenoxy) is 1. The van der Waals surface area contributed by atoms with Gasteiger partial charge in [-0.3, -0.25) is 14.4 Å². The summed E-state index contributed by atoms with van der Waals surface area (Å²) in [6.07, 6.45) is 0.0259. The van der Waals surface area contributed by atoms with E-state index in [1.807, 2.05) is 63.2 Å². The Balaban J connectivity index is 1.52. The van der Waals surface area contributed by atoms with Crippen molar-refractivity contribution >= 4 is 23.2 Å². The Bertz CT molecular complexity index is 1210. The van der Waals surface area contributed by atoms with Gasteiger partial charge >= 0.3 is 0 Å². The van der Waals surface area contributed by atoms with Gasteiger partial charge < -0.3 is 4.74 Å². The van der Waals surface area contributed by atoms with E-state index < -0.39 is 18.1 Å². The number of hydroxylamine groups is 1. The molecule has 0 saturated carbocycles. The average Bonchev–Trinajstić information content (AvgIpc) is 3.35. The highest BCUT2D eigenvalue weighted by Gasteiger charge is 2.60. The third-order valence-electron chi connectivity index (χ3n) is 6.44. The fourth-order valence-electron chi connectivity index (χ4n) is 4.85. The van der Waals surface area contributed by atoms with Crippen LogP contribution in [0.25, 0.3) is 0 Å². The number of fused-ring (bicyclic) bond motifs is 1. The fourth-order valence-corrected chi connectivity index (χ4v) is 4.85. The molecular formula is C28H28N2O4. The van der Waals surface area contributed by atoms with Gasteiger partial charge in [-0.2, -0.15) is 0 Å². The maximum atomic E-state index is 13.8. The minimum Gasteiger partial charge on any atom is -0.494 e. The largest absolute Gasteiger partial charge is 0.494 e. The predicted molar refractivity (Wildman–Crippen MR) is 131 cm³/mol. The third kappa shape index (κ3) is 3.74. The van der Waals surface area contributed by atoms with Crippen LogP contribution in [0.5, 0.6) is 5.75 Å². The number of carbonyl (C=O) groups is 2. The number of rotatable bonds is 6. The quantitative estimate of drug-likeness (QED) is 0.481. The zero-order valence-electron chi connectivity index (χ0n) is 19.6. The summed E-state index contributed by atoms with van der Waals surface area (Å²) in [7, 11) is 0. The number of carbonyl (C=O) groups excluding carboxylic acids is 2. The molecule has 0 bridgehead atoms. The van der Waals surface area contributed by atoms with Crippen LogP contribution < -0.4 is 14.7 Å². The van der Waals surface area contributed by atoms with Crippen LogP contribution in [0.4, 0.5) is 11.4 Å². The van der Waals surface area contributed by atoms with Crippen molar-refractivity contribution in [2.24, 2.45) is 5.92 Å². The minimum absolute atomic E-state index is 0.249. The second-order valence-corrected chi connectivity index (χ2v) is 8.87. The molecule has 34 heavy (non-hydrogen) atoms. The summed E-state index contributed by atoms with van der Waals surface area (Å²) in [4.78, 5) is 34.7. The van der Waals surface area contributed by atoms with Crippen molar-refractivity contribution in [2.45, 2.75) is 39.3 Å². The molecule has 6 heteroatoms. The molecule has 5 rings (SSSR count). The van der Waals surface area contributed by atoms with E-state index in [1.165, 1.54) is 4.90 Å². The Hall–Kier alpha value is -3.64. The summed E-state index contributed by atoms with van der Waals surface area (Å²) in [6, 6.07) is 22.5. The van der Waals surface area contributed by atoms with E-state index in [1.54, 1.807) is 29.3 Å². The van der Waals surface area contributed by atoms with Crippen molar-refractivity contribution in [1.29, 1.82) is 0 Å². The van der Waals surface area contributed by atoms with E-state index in [-0.39, 0.29) is 11.8 Å². The lowest BCUT2D eigenvalue weighted by atomic mass is 9.87. The number of amides is 2. The zero-order chi connectivity index (χ0) is 23.8. The van der Waals surface area contributed by atoms with E-state index in [9.17, 15) is 9.59 Å².